The second kappa shape index (κ2) is 6.45. The van der Waals surface area contributed by atoms with Crippen LogP contribution in [-0.2, 0) is 9.59 Å². The molecule has 0 aromatic rings. The van der Waals surface area contributed by atoms with Crippen LogP contribution in [0.25, 0.3) is 0 Å². The standard InChI is InChI=1S/C13H24N2O2S/c1-8(2)11-13(17)15(9(3)6-7-18-5)10(4)12(16)14-11/h8-11H,6-7H2,1-5H3,(H,14,16). The molecule has 0 bridgehead atoms. The Bertz CT molecular complexity index is 320. The van der Waals surface area contributed by atoms with Gasteiger partial charge in [-0.1, -0.05) is 13.8 Å². The lowest BCUT2D eigenvalue weighted by Gasteiger charge is -2.42. The summed E-state index contributed by atoms with van der Waals surface area (Å²) in [7, 11) is 0. The van der Waals surface area contributed by atoms with Crippen molar-refractivity contribution in [3.8, 4) is 0 Å². The van der Waals surface area contributed by atoms with Crippen LogP contribution in [0, 0.1) is 5.92 Å². The molecule has 1 aliphatic heterocycles. The Morgan fingerprint density at radius 3 is 2.44 bits per heavy atom. The number of thioether (sulfide) groups is 1. The molecule has 0 aromatic carbocycles. The van der Waals surface area contributed by atoms with Crippen molar-refractivity contribution in [1.82, 2.24) is 10.2 Å². The highest BCUT2D eigenvalue weighted by Crippen LogP contribution is 2.20. The molecule has 1 heterocycles. The highest BCUT2D eigenvalue weighted by atomic mass is 32.2. The maximum atomic E-state index is 12.4. The molecule has 1 rings (SSSR count). The lowest BCUT2D eigenvalue weighted by molar-refractivity contribution is -0.152. The fraction of sp³-hybridized carbons (Fsp3) is 0.846. The average molecular weight is 272 g/mol. The van der Waals surface area contributed by atoms with Gasteiger partial charge in [-0.25, -0.2) is 0 Å². The van der Waals surface area contributed by atoms with Crippen molar-refractivity contribution in [2.45, 2.75) is 52.2 Å². The monoisotopic (exact) mass is 272 g/mol. The molecule has 4 nitrogen and oxygen atoms in total. The van der Waals surface area contributed by atoms with Crippen LogP contribution in [0.5, 0.6) is 0 Å². The molecule has 1 aliphatic rings. The van der Waals surface area contributed by atoms with Crippen molar-refractivity contribution in [3.05, 3.63) is 0 Å². The van der Waals surface area contributed by atoms with Crippen molar-refractivity contribution in [2.75, 3.05) is 12.0 Å². The van der Waals surface area contributed by atoms with Crippen LogP contribution in [-0.4, -0.2) is 46.8 Å². The molecule has 104 valence electrons. The number of hydrogen-bond acceptors (Lipinski definition) is 3. The summed E-state index contributed by atoms with van der Waals surface area (Å²) in [5, 5.41) is 2.82. The zero-order chi connectivity index (χ0) is 13.9. The molecule has 2 amide bonds. The van der Waals surface area contributed by atoms with E-state index in [2.05, 4.69) is 11.6 Å². The Morgan fingerprint density at radius 2 is 1.94 bits per heavy atom. The number of nitrogens with one attached hydrogen (secondary N) is 1. The molecule has 0 spiro atoms. The zero-order valence-corrected chi connectivity index (χ0v) is 12.7. The number of hydrogen-bond donors (Lipinski definition) is 1. The van der Waals surface area contributed by atoms with E-state index in [0.29, 0.717) is 0 Å². The van der Waals surface area contributed by atoms with Gasteiger partial charge in [-0.15, -0.1) is 0 Å². The largest absolute Gasteiger partial charge is 0.342 e. The smallest absolute Gasteiger partial charge is 0.246 e. The highest BCUT2D eigenvalue weighted by Gasteiger charge is 2.41. The van der Waals surface area contributed by atoms with Crippen LogP contribution < -0.4 is 5.32 Å². The summed E-state index contributed by atoms with van der Waals surface area (Å²) in [6.07, 6.45) is 2.98. The first-order valence-electron chi connectivity index (χ1n) is 6.51. The SMILES string of the molecule is CSCCC(C)N1C(=O)C(C(C)C)NC(=O)C1C. The topological polar surface area (TPSA) is 49.4 Å². The van der Waals surface area contributed by atoms with Gasteiger partial charge in [0.05, 0.1) is 0 Å². The highest BCUT2D eigenvalue weighted by molar-refractivity contribution is 7.98. The van der Waals surface area contributed by atoms with E-state index in [4.69, 9.17) is 0 Å². The number of amides is 2. The quantitative estimate of drug-likeness (QED) is 0.825. The molecular weight excluding hydrogens is 248 g/mol. The van der Waals surface area contributed by atoms with Crippen LogP contribution >= 0.6 is 11.8 Å². The van der Waals surface area contributed by atoms with Crippen LogP contribution in [0.15, 0.2) is 0 Å². The maximum Gasteiger partial charge on any atom is 0.246 e. The summed E-state index contributed by atoms with van der Waals surface area (Å²) in [4.78, 5) is 26.1. The third-order valence-corrected chi connectivity index (χ3v) is 4.14. The minimum Gasteiger partial charge on any atom is -0.342 e. The number of rotatable bonds is 5. The summed E-state index contributed by atoms with van der Waals surface area (Å²) in [6.45, 7) is 7.76. The Labute approximate surface area is 114 Å². The van der Waals surface area contributed by atoms with Crippen LogP contribution in [0.2, 0.25) is 0 Å². The second-order valence-corrected chi connectivity index (χ2v) is 6.27. The van der Waals surface area contributed by atoms with E-state index in [1.165, 1.54) is 0 Å². The summed E-state index contributed by atoms with van der Waals surface area (Å²) in [5.74, 6) is 1.16. The molecule has 5 heteroatoms. The molecule has 3 atom stereocenters. The number of carbonyl (C=O) groups is 2. The van der Waals surface area contributed by atoms with E-state index in [-0.39, 0.29) is 35.9 Å². The summed E-state index contributed by atoms with van der Waals surface area (Å²) < 4.78 is 0. The van der Waals surface area contributed by atoms with Crippen molar-refractivity contribution < 1.29 is 9.59 Å². The Balaban J connectivity index is 2.84. The van der Waals surface area contributed by atoms with Crippen molar-refractivity contribution in [1.29, 1.82) is 0 Å². The van der Waals surface area contributed by atoms with Crippen LogP contribution in [0.4, 0.5) is 0 Å². The molecule has 0 aromatic heterocycles. The first kappa shape index (κ1) is 15.3. The van der Waals surface area contributed by atoms with Gasteiger partial charge in [0, 0.05) is 6.04 Å². The van der Waals surface area contributed by atoms with E-state index >= 15 is 0 Å². The molecule has 1 fully saturated rings. The van der Waals surface area contributed by atoms with Gasteiger partial charge in [0.1, 0.15) is 12.1 Å². The van der Waals surface area contributed by atoms with Gasteiger partial charge in [0.15, 0.2) is 0 Å². The van der Waals surface area contributed by atoms with E-state index in [1.54, 1.807) is 23.6 Å². The van der Waals surface area contributed by atoms with Crippen LogP contribution in [0.1, 0.15) is 34.1 Å². The number of nitrogens with zero attached hydrogens (tertiary/aromatic N) is 1. The van der Waals surface area contributed by atoms with Gasteiger partial charge in [-0.05, 0) is 38.2 Å². The van der Waals surface area contributed by atoms with Crippen LogP contribution in [0.3, 0.4) is 0 Å². The zero-order valence-electron chi connectivity index (χ0n) is 11.9. The molecule has 3 unspecified atom stereocenters. The minimum atomic E-state index is -0.370. The predicted molar refractivity (Wildman–Crippen MR) is 75.5 cm³/mol. The summed E-state index contributed by atoms with van der Waals surface area (Å²) >= 11 is 1.77. The Hall–Kier alpha value is -0.710. The van der Waals surface area contributed by atoms with Gasteiger partial charge in [0.2, 0.25) is 11.8 Å². The number of carbonyl (C=O) groups excluding carboxylic acids is 2. The predicted octanol–water partition coefficient (Wildman–Crippen LogP) is 1.50. The molecule has 0 radical (unpaired) electrons. The lowest BCUT2D eigenvalue weighted by atomic mass is 9.96. The first-order chi connectivity index (χ1) is 8.40. The fourth-order valence-electron chi connectivity index (χ4n) is 2.29. The first-order valence-corrected chi connectivity index (χ1v) is 7.91. The van der Waals surface area contributed by atoms with E-state index in [1.807, 2.05) is 20.8 Å². The molecule has 0 aliphatic carbocycles. The number of piperazine rings is 1. The van der Waals surface area contributed by atoms with E-state index in [9.17, 15) is 9.59 Å². The van der Waals surface area contributed by atoms with Gasteiger partial charge < -0.3 is 10.2 Å². The van der Waals surface area contributed by atoms with Crippen molar-refractivity contribution in [3.63, 3.8) is 0 Å². The van der Waals surface area contributed by atoms with Crippen molar-refractivity contribution in [2.24, 2.45) is 5.92 Å². The molecular formula is C13H24N2O2S. The fourth-order valence-corrected chi connectivity index (χ4v) is 2.87. The Kier molecular flexibility index (Phi) is 5.50. The molecule has 1 N–H and O–H groups in total. The summed E-state index contributed by atoms with van der Waals surface area (Å²) in [6, 6.07) is -0.609. The molecule has 18 heavy (non-hydrogen) atoms. The van der Waals surface area contributed by atoms with Gasteiger partial charge >= 0.3 is 0 Å². The van der Waals surface area contributed by atoms with Gasteiger partial charge in [-0.2, -0.15) is 11.8 Å². The third-order valence-electron chi connectivity index (χ3n) is 3.50. The van der Waals surface area contributed by atoms with Gasteiger partial charge in [-0.3, -0.25) is 9.59 Å². The lowest BCUT2D eigenvalue weighted by Crippen LogP contribution is -2.65. The average Bonchev–Trinajstić information content (AvgIpc) is 2.31. The minimum absolute atomic E-state index is 0.0377. The third kappa shape index (κ3) is 3.19. The molecule has 0 saturated carbocycles. The second-order valence-electron chi connectivity index (χ2n) is 5.28. The Morgan fingerprint density at radius 1 is 1.33 bits per heavy atom. The van der Waals surface area contributed by atoms with Crippen molar-refractivity contribution >= 4 is 23.6 Å². The van der Waals surface area contributed by atoms with E-state index < -0.39 is 0 Å². The molecule has 1 saturated heterocycles. The normalized spacial score (nSPS) is 26.4. The maximum absolute atomic E-state index is 12.4. The summed E-state index contributed by atoms with van der Waals surface area (Å²) in [5.41, 5.74) is 0. The van der Waals surface area contributed by atoms with E-state index in [0.717, 1.165) is 12.2 Å². The van der Waals surface area contributed by atoms with Gasteiger partial charge in [0.25, 0.3) is 0 Å².